The van der Waals surface area contributed by atoms with Crippen LogP contribution < -0.4 is 15.8 Å². The van der Waals surface area contributed by atoms with Gasteiger partial charge in [0, 0.05) is 12.6 Å². The molecular formula is C14H23N3O2S. The highest BCUT2D eigenvalue weighted by Gasteiger charge is 2.22. The van der Waals surface area contributed by atoms with E-state index in [-0.39, 0.29) is 4.90 Å². The van der Waals surface area contributed by atoms with E-state index in [1.54, 1.807) is 12.1 Å². The van der Waals surface area contributed by atoms with Crippen molar-refractivity contribution in [3.05, 3.63) is 18.2 Å². The lowest BCUT2D eigenvalue weighted by atomic mass is 10.1. The Morgan fingerprint density at radius 3 is 2.70 bits per heavy atom. The van der Waals surface area contributed by atoms with Gasteiger partial charge >= 0.3 is 0 Å². The summed E-state index contributed by atoms with van der Waals surface area (Å²) in [6.07, 6.45) is 5.68. The molecule has 1 aromatic carbocycles. The lowest BCUT2D eigenvalue weighted by molar-refractivity contribution is 0.556. The van der Waals surface area contributed by atoms with Gasteiger partial charge in [-0.3, -0.25) is 0 Å². The third kappa shape index (κ3) is 3.24. The Bertz CT molecular complexity index is 572. The van der Waals surface area contributed by atoms with Gasteiger partial charge in [-0.25, -0.2) is 13.6 Å². The van der Waals surface area contributed by atoms with Crippen LogP contribution in [0.15, 0.2) is 23.1 Å². The van der Waals surface area contributed by atoms with Crippen molar-refractivity contribution in [2.24, 2.45) is 5.14 Å². The van der Waals surface area contributed by atoms with Crippen molar-refractivity contribution >= 4 is 21.4 Å². The smallest absolute Gasteiger partial charge is 0.238 e. The fourth-order valence-electron chi connectivity index (χ4n) is 2.87. The first kappa shape index (κ1) is 15.1. The van der Waals surface area contributed by atoms with Crippen molar-refractivity contribution in [2.75, 3.05) is 17.2 Å². The maximum atomic E-state index is 11.5. The van der Waals surface area contributed by atoms with Gasteiger partial charge in [-0.2, -0.15) is 0 Å². The monoisotopic (exact) mass is 297 g/mol. The Labute approximate surface area is 121 Å². The maximum absolute atomic E-state index is 11.5. The van der Waals surface area contributed by atoms with Crippen LogP contribution in [0.2, 0.25) is 0 Å². The van der Waals surface area contributed by atoms with E-state index in [0.29, 0.717) is 11.7 Å². The highest BCUT2D eigenvalue weighted by molar-refractivity contribution is 7.89. The molecule has 6 heteroatoms. The van der Waals surface area contributed by atoms with Gasteiger partial charge < -0.3 is 10.6 Å². The molecule has 0 aromatic heterocycles. The second-order valence-corrected chi connectivity index (χ2v) is 6.93. The maximum Gasteiger partial charge on any atom is 0.238 e. The molecule has 1 saturated heterocycles. The zero-order valence-electron chi connectivity index (χ0n) is 11.9. The third-order valence-corrected chi connectivity index (χ3v) is 4.90. The fraction of sp³-hybridized carbons (Fsp3) is 0.571. The molecule has 0 bridgehead atoms. The Kier molecular flexibility index (Phi) is 4.55. The summed E-state index contributed by atoms with van der Waals surface area (Å²) in [4.78, 5) is 2.37. The zero-order chi connectivity index (χ0) is 14.8. The summed E-state index contributed by atoms with van der Waals surface area (Å²) in [7, 11) is -3.70. The van der Waals surface area contributed by atoms with Gasteiger partial charge in [0.2, 0.25) is 10.0 Å². The van der Waals surface area contributed by atoms with Crippen LogP contribution >= 0.6 is 0 Å². The van der Waals surface area contributed by atoms with Crippen molar-refractivity contribution in [2.45, 2.75) is 50.0 Å². The summed E-state index contributed by atoms with van der Waals surface area (Å²) in [6, 6.07) is 5.12. The van der Waals surface area contributed by atoms with Crippen molar-refractivity contribution in [3.63, 3.8) is 0 Å². The first-order valence-electron chi connectivity index (χ1n) is 7.12. The summed E-state index contributed by atoms with van der Waals surface area (Å²) >= 11 is 0. The molecule has 1 fully saturated rings. The van der Waals surface area contributed by atoms with Gasteiger partial charge in [-0.15, -0.1) is 0 Å². The van der Waals surface area contributed by atoms with Gasteiger partial charge in [0.15, 0.2) is 0 Å². The number of nitrogens with two attached hydrogens (primary N) is 2. The number of nitrogens with zero attached hydrogens (tertiary/aromatic N) is 1. The van der Waals surface area contributed by atoms with Crippen molar-refractivity contribution in [1.29, 1.82) is 0 Å². The predicted octanol–water partition coefficient (Wildman–Crippen LogP) is 2.08. The molecule has 5 nitrogen and oxygen atoms in total. The fourth-order valence-corrected chi connectivity index (χ4v) is 3.40. The summed E-state index contributed by atoms with van der Waals surface area (Å²) in [5.74, 6) is 0. The first-order valence-corrected chi connectivity index (χ1v) is 8.67. The van der Waals surface area contributed by atoms with E-state index in [4.69, 9.17) is 10.9 Å². The molecule has 1 aromatic rings. The predicted molar refractivity (Wildman–Crippen MR) is 82.1 cm³/mol. The largest absolute Gasteiger partial charge is 0.397 e. The highest BCUT2D eigenvalue weighted by Crippen LogP contribution is 2.32. The normalized spacial score (nSPS) is 20.7. The number of nitrogen functional groups attached to an aromatic ring is 1. The van der Waals surface area contributed by atoms with E-state index in [9.17, 15) is 8.42 Å². The summed E-state index contributed by atoms with van der Waals surface area (Å²) in [6.45, 7) is 3.07. The quantitative estimate of drug-likeness (QED) is 0.836. The van der Waals surface area contributed by atoms with Crippen LogP contribution in [0.4, 0.5) is 11.4 Å². The Hall–Kier alpha value is -1.27. The van der Waals surface area contributed by atoms with E-state index in [2.05, 4.69) is 11.8 Å². The molecule has 1 unspecified atom stereocenters. The number of primary sulfonamides is 1. The number of benzene rings is 1. The van der Waals surface area contributed by atoms with Gasteiger partial charge in [-0.1, -0.05) is 19.8 Å². The minimum absolute atomic E-state index is 0.126. The van der Waals surface area contributed by atoms with Crippen LogP contribution in [0.3, 0.4) is 0 Å². The van der Waals surface area contributed by atoms with Crippen molar-refractivity contribution in [3.8, 4) is 0 Å². The number of anilines is 2. The second-order valence-electron chi connectivity index (χ2n) is 5.37. The molecule has 1 aliphatic rings. The SMILES string of the molecule is CCC1CCCCCN1c1cc(S(N)(=O)=O)ccc1N. The number of rotatable bonds is 3. The van der Waals surface area contributed by atoms with Crippen molar-refractivity contribution in [1.82, 2.24) is 0 Å². The van der Waals surface area contributed by atoms with Crippen LogP contribution in [0.25, 0.3) is 0 Å². The zero-order valence-corrected chi connectivity index (χ0v) is 12.7. The molecule has 1 atom stereocenters. The molecule has 1 aliphatic heterocycles. The van der Waals surface area contributed by atoms with E-state index in [0.717, 1.165) is 31.5 Å². The molecule has 0 amide bonds. The van der Waals surface area contributed by atoms with Gasteiger partial charge in [0.05, 0.1) is 16.3 Å². The Morgan fingerprint density at radius 1 is 1.30 bits per heavy atom. The highest BCUT2D eigenvalue weighted by atomic mass is 32.2. The minimum Gasteiger partial charge on any atom is -0.397 e. The van der Waals surface area contributed by atoms with E-state index >= 15 is 0 Å². The Balaban J connectivity index is 2.43. The van der Waals surface area contributed by atoms with Crippen LogP contribution in [0.1, 0.15) is 39.0 Å². The van der Waals surface area contributed by atoms with E-state index in [1.165, 1.54) is 18.9 Å². The standard InChI is InChI=1S/C14H23N3O2S/c1-2-11-6-4-3-5-9-17(11)14-10-12(20(16,18)19)7-8-13(14)15/h7-8,10-11H,2-6,9,15H2,1H3,(H2,16,18,19). The van der Waals surface area contributed by atoms with Crippen LogP contribution in [-0.2, 0) is 10.0 Å². The van der Waals surface area contributed by atoms with Gasteiger partial charge in [0.1, 0.15) is 0 Å². The number of hydrogen-bond donors (Lipinski definition) is 2. The van der Waals surface area contributed by atoms with E-state index in [1.807, 2.05) is 0 Å². The first-order chi connectivity index (χ1) is 9.43. The molecule has 0 radical (unpaired) electrons. The van der Waals surface area contributed by atoms with Crippen LogP contribution in [0, 0.1) is 0 Å². The van der Waals surface area contributed by atoms with Crippen LogP contribution in [0.5, 0.6) is 0 Å². The number of sulfonamides is 1. The van der Waals surface area contributed by atoms with Crippen molar-refractivity contribution < 1.29 is 8.42 Å². The molecule has 112 valence electrons. The van der Waals surface area contributed by atoms with Gasteiger partial charge in [-0.05, 0) is 37.5 Å². The average molecular weight is 297 g/mol. The lowest BCUT2D eigenvalue weighted by Crippen LogP contribution is -2.35. The summed E-state index contributed by atoms with van der Waals surface area (Å²) < 4.78 is 23.0. The number of hydrogen-bond acceptors (Lipinski definition) is 4. The topological polar surface area (TPSA) is 89.4 Å². The molecule has 1 heterocycles. The molecule has 0 aliphatic carbocycles. The second kappa shape index (κ2) is 6.01. The van der Waals surface area contributed by atoms with Gasteiger partial charge in [0.25, 0.3) is 0 Å². The Morgan fingerprint density at radius 2 is 2.05 bits per heavy atom. The molecule has 0 saturated carbocycles. The third-order valence-electron chi connectivity index (χ3n) is 3.99. The minimum atomic E-state index is -3.70. The summed E-state index contributed by atoms with van der Waals surface area (Å²) in [5.41, 5.74) is 7.46. The van der Waals surface area contributed by atoms with Crippen LogP contribution in [-0.4, -0.2) is 21.0 Å². The summed E-state index contributed by atoms with van der Waals surface area (Å²) in [5, 5.41) is 5.22. The molecule has 0 spiro atoms. The lowest BCUT2D eigenvalue weighted by Gasteiger charge is -2.32. The van der Waals surface area contributed by atoms with E-state index < -0.39 is 10.0 Å². The molecule has 2 rings (SSSR count). The molecular weight excluding hydrogens is 274 g/mol. The molecule has 20 heavy (non-hydrogen) atoms. The molecule has 4 N–H and O–H groups in total. The average Bonchev–Trinajstić information content (AvgIpc) is 2.62.